The van der Waals surface area contributed by atoms with Crippen LogP contribution in [0.2, 0.25) is 0 Å². The van der Waals surface area contributed by atoms with Crippen LogP contribution >= 0.6 is 0 Å². The average molecular weight is 368 g/mol. The van der Waals surface area contributed by atoms with Crippen LogP contribution in [0, 0.1) is 0 Å². The lowest BCUT2D eigenvalue weighted by molar-refractivity contribution is -0.194. The van der Waals surface area contributed by atoms with Gasteiger partial charge >= 0.3 is 11.9 Å². The summed E-state index contributed by atoms with van der Waals surface area (Å²) in [5, 5.41) is 0. The van der Waals surface area contributed by atoms with Crippen LogP contribution in [-0.2, 0) is 18.9 Å². The third-order valence-electron chi connectivity index (χ3n) is 4.96. The third-order valence-corrected chi connectivity index (χ3v) is 4.96. The normalized spacial score (nSPS) is 31.5. The largest absolute Gasteiger partial charge is 0.451 e. The molecule has 6 nitrogen and oxygen atoms in total. The van der Waals surface area contributed by atoms with E-state index >= 15 is 0 Å². The SMILES string of the molecule is C[C@@]12OC[C@@](C)(O1)[C@@H](OC(=O)c1ccccc1)[C@H]2OC(=O)c1ccccc1. The molecule has 2 saturated heterocycles. The molecule has 140 valence electrons. The molecule has 27 heavy (non-hydrogen) atoms. The van der Waals surface area contributed by atoms with Crippen LogP contribution in [0.5, 0.6) is 0 Å². The second kappa shape index (κ2) is 6.48. The van der Waals surface area contributed by atoms with E-state index in [9.17, 15) is 9.59 Å². The van der Waals surface area contributed by atoms with Crippen LogP contribution < -0.4 is 0 Å². The molecule has 6 heteroatoms. The van der Waals surface area contributed by atoms with Gasteiger partial charge in [-0.05, 0) is 38.1 Å². The first kappa shape index (κ1) is 17.7. The smallest absolute Gasteiger partial charge is 0.338 e. The second-order valence-corrected chi connectivity index (χ2v) is 7.10. The molecule has 0 radical (unpaired) electrons. The van der Waals surface area contributed by atoms with E-state index in [0.29, 0.717) is 11.1 Å². The van der Waals surface area contributed by atoms with Gasteiger partial charge in [0.05, 0.1) is 17.7 Å². The van der Waals surface area contributed by atoms with Gasteiger partial charge in [0.1, 0.15) is 5.60 Å². The van der Waals surface area contributed by atoms with E-state index in [0.717, 1.165) is 0 Å². The van der Waals surface area contributed by atoms with E-state index in [1.54, 1.807) is 62.4 Å². The molecule has 2 fully saturated rings. The predicted octanol–water partition coefficient (Wildman–Crippen LogP) is 2.97. The number of ether oxygens (including phenoxy) is 4. The van der Waals surface area contributed by atoms with Crippen molar-refractivity contribution < 1.29 is 28.5 Å². The molecule has 2 aliphatic heterocycles. The summed E-state index contributed by atoms with van der Waals surface area (Å²) in [6.45, 7) is 3.73. The van der Waals surface area contributed by atoms with Crippen molar-refractivity contribution in [3.05, 3.63) is 71.8 Å². The molecular formula is C21H20O6. The topological polar surface area (TPSA) is 71.1 Å². The maximum atomic E-state index is 12.6. The number of esters is 2. The highest BCUT2D eigenvalue weighted by Crippen LogP contribution is 2.48. The van der Waals surface area contributed by atoms with Crippen molar-refractivity contribution >= 4 is 11.9 Å². The first-order valence-corrected chi connectivity index (χ1v) is 8.77. The van der Waals surface area contributed by atoms with E-state index < -0.39 is 35.5 Å². The van der Waals surface area contributed by atoms with Crippen LogP contribution in [-0.4, -0.2) is 42.1 Å². The van der Waals surface area contributed by atoms with Gasteiger partial charge in [0.15, 0.2) is 12.2 Å². The molecule has 0 amide bonds. The molecule has 0 aliphatic carbocycles. The summed E-state index contributed by atoms with van der Waals surface area (Å²) in [5.41, 5.74) is -0.0638. The van der Waals surface area contributed by atoms with Crippen molar-refractivity contribution in [2.75, 3.05) is 6.61 Å². The molecular weight excluding hydrogens is 348 g/mol. The molecule has 0 saturated carbocycles. The van der Waals surface area contributed by atoms with Gasteiger partial charge in [0.25, 0.3) is 0 Å². The molecule has 0 aromatic heterocycles. The van der Waals surface area contributed by atoms with Crippen molar-refractivity contribution in [3.63, 3.8) is 0 Å². The number of rotatable bonds is 4. The standard InChI is InChI=1S/C21H20O6/c1-20-13-24-21(2,27-20)17(26-19(23)15-11-7-4-8-12-15)16(20)25-18(22)14-9-5-3-6-10-14/h3-12,16-17H,13H2,1-2H3/t16-,17+,20+,21+/m0/s1. The Bertz CT molecular complexity index is 780. The molecule has 0 spiro atoms. The average Bonchev–Trinajstić information content (AvgIpc) is 3.11. The number of benzene rings is 2. The maximum Gasteiger partial charge on any atom is 0.338 e. The predicted molar refractivity (Wildman–Crippen MR) is 95.1 cm³/mol. The molecule has 4 rings (SSSR count). The monoisotopic (exact) mass is 368 g/mol. The molecule has 4 atom stereocenters. The minimum atomic E-state index is -1.17. The van der Waals surface area contributed by atoms with Gasteiger partial charge in [0, 0.05) is 0 Å². The summed E-state index contributed by atoms with van der Waals surface area (Å²) in [5.74, 6) is -2.19. The third kappa shape index (κ3) is 3.11. The lowest BCUT2D eigenvalue weighted by Crippen LogP contribution is -2.54. The zero-order valence-electron chi connectivity index (χ0n) is 15.1. The van der Waals surface area contributed by atoms with E-state index in [-0.39, 0.29) is 6.61 Å². The van der Waals surface area contributed by atoms with Crippen LogP contribution in [0.3, 0.4) is 0 Å². The first-order valence-electron chi connectivity index (χ1n) is 8.77. The fourth-order valence-electron chi connectivity index (χ4n) is 3.55. The highest BCUT2D eigenvalue weighted by molar-refractivity contribution is 5.90. The van der Waals surface area contributed by atoms with Crippen molar-refractivity contribution in [2.24, 2.45) is 0 Å². The van der Waals surface area contributed by atoms with Crippen molar-refractivity contribution in [1.29, 1.82) is 0 Å². The molecule has 2 heterocycles. The summed E-state index contributed by atoms with van der Waals surface area (Å²) in [7, 11) is 0. The van der Waals surface area contributed by atoms with Gasteiger partial charge in [-0.25, -0.2) is 9.59 Å². The highest BCUT2D eigenvalue weighted by Gasteiger charge is 2.68. The Morgan fingerprint density at radius 2 is 1.33 bits per heavy atom. The summed E-state index contributed by atoms with van der Waals surface area (Å²) in [6.07, 6.45) is -1.66. The van der Waals surface area contributed by atoms with Gasteiger partial charge in [-0.15, -0.1) is 0 Å². The molecule has 2 aromatic rings. The second-order valence-electron chi connectivity index (χ2n) is 7.10. The van der Waals surface area contributed by atoms with Gasteiger partial charge in [-0.3, -0.25) is 0 Å². The molecule has 0 N–H and O–H groups in total. The first-order chi connectivity index (χ1) is 12.9. The summed E-state index contributed by atoms with van der Waals surface area (Å²) in [4.78, 5) is 25.1. The number of carbonyl (C=O) groups excluding carboxylic acids is 2. The molecule has 0 unspecified atom stereocenters. The fourth-order valence-corrected chi connectivity index (χ4v) is 3.55. The van der Waals surface area contributed by atoms with E-state index in [4.69, 9.17) is 18.9 Å². The maximum absolute atomic E-state index is 12.6. The van der Waals surface area contributed by atoms with Crippen molar-refractivity contribution in [1.82, 2.24) is 0 Å². The van der Waals surface area contributed by atoms with Gasteiger partial charge in [-0.1, -0.05) is 36.4 Å². The Kier molecular flexibility index (Phi) is 4.25. The number of carbonyl (C=O) groups is 2. The lowest BCUT2D eigenvalue weighted by atomic mass is 9.93. The molecule has 2 aromatic carbocycles. The lowest BCUT2D eigenvalue weighted by Gasteiger charge is -2.35. The Hall–Kier alpha value is -2.70. The van der Waals surface area contributed by atoms with E-state index in [2.05, 4.69) is 0 Å². The quantitative estimate of drug-likeness (QED) is 0.773. The van der Waals surface area contributed by atoms with Gasteiger partial charge in [0.2, 0.25) is 5.79 Å². The molecule has 2 bridgehead atoms. The van der Waals surface area contributed by atoms with Crippen LogP contribution in [0.4, 0.5) is 0 Å². The Morgan fingerprint density at radius 3 is 1.85 bits per heavy atom. The summed E-state index contributed by atoms with van der Waals surface area (Å²) in [6, 6.07) is 17.3. The summed E-state index contributed by atoms with van der Waals surface area (Å²) >= 11 is 0. The zero-order valence-corrected chi connectivity index (χ0v) is 15.1. The van der Waals surface area contributed by atoms with Crippen molar-refractivity contribution in [2.45, 2.75) is 37.4 Å². The summed E-state index contributed by atoms with van der Waals surface area (Å²) < 4.78 is 23.1. The van der Waals surface area contributed by atoms with Crippen LogP contribution in [0.15, 0.2) is 60.7 Å². The Morgan fingerprint density at radius 1 is 0.852 bits per heavy atom. The number of fused-ring (bicyclic) bond motifs is 2. The van der Waals surface area contributed by atoms with Gasteiger partial charge < -0.3 is 18.9 Å². The van der Waals surface area contributed by atoms with Crippen LogP contribution in [0.1, 0.15) is 34.6 Å². The van der Waals surface area contributed by atoms with Gasteiger partial charge in [-0.2, -0.15) is 0 Å². The van der Waals surface area contributed by atoms with E-state index in [1.165, 1.54) is 0 Å². The van der Waals surface area contributed by atoms with Crippen LogP contribution in [0.25, 0.3) is 0 Å². The minimum absolute atomic E-state index is 0.246. The zero-order chi connectivity index (χ0) is 19.1. The Labute approximate surface area is 157 Å². The fraction of sp³-hybridized carbons (Fsp3) is 0.333. The minimum Gasteiger partial charge on any atom is -0.451 e. The number of hydrogen-bond acceptors (Lipinski definition) is 6. The Balaban J connectivity index is 1.58. The highest BCUT2D eigenvalue weighted by atomic mass is 16.8. The number of hydrogen-bond donors (Lipinski definition) is 0. The van der Waals surface area contributed by atoms with Crippen molar-refractivity contribution in [3.8, 4) is 0 Å². The van der Waals surface area contributed by atoms with E-state index in [1.807, 2.05) is 12.1 Å². The molecule has 2 aliphatic rings.